The lowest BCUT2D eigenvalue weighted by Crippen LogP contribution is -2.25. The number of nitrogens with zero attached hydrogens (tertiary/aromatic N) is 2. The number of aryl methyl sites for hydroxylation is 1. The fraction of sp³-hybridized carbons (Fsp3) is 0.500. The Bertz CT molecular complexity index is 702. The van der Waals surface area contributed by atoms with E-state index >= 15 is 0 Å². The van der Waals surface area contributed by atoms with Gasteiger partial charge >= 0.3 is 0 Å². The quantitative estimate of drug-likeness (QED) is 0.791. The fourth-order valence-electron chi connectivity index (χ4n) is 2.30. The third kappa shape index (κ3) is 2.81. The maximum Gasteiger partial charge on any atom is 0.232 e. The Hall–Kier alpha value is -1.52. The minimum absolute atomic E-state index is 0.0790. The van der Waals surface area contributed by atoms with E-state index in [1.807, 2.05) is 6.07 Å². The van der Waals surface area contributed by atoms with Gasteiger partial charge in [-0.3, -0.25) is 9.69 Å². The number of rotatable bonds is 3. The van der Waals surface area contributed by atoms with E-state index in [2.05, 4.69) is 0 Å². The van der Waals surface area contributed by atoms with Crippen molar-refractivity contribution in [3.05, 3.63) is 16.9 Å². The topological polar surface area (TPSA) is 91.4 Å². The maximum atomic E-state index is 12.0. The normalized spacial score (nSPS) is 19.4. The standard InChI is InChI=1S/C12H13ClN2O4S/c1-7-8(2)19-12(10(7)4-14)15-5-9(3-11(15)16)6-20(13,17)18/h9H,3,5-6H2,1-2H3. The highest BCUT2D eigenvalue weighted by Crippen LogP contribution is 2.33. The van der Waals surface area contributed by atoms with Crippen LogP contribution in [-0.2, 0) is 13.8 Å². The van der Waals surface area contributed by atoms with Gasteiger partial charge in [-0.1, -0.05) is 0 Å². The van der Waals surface area contributed by atoms with Gasteiger partial charge < -0.3 is 4.42 Å². The van der Waals surface area contributed by atoms with E-state index in [9.17, 15) is 13.2 Å². The van der Waals surface area contributed by atoms with Crippen LogP contribution in [0.15, 0.2) is 4.42 Å². The SMILES string of the molecule is Cc1oc(N2CC(CS(=O)(=O)Cl)CC2=O)c(C#N)c1C. The molecule has 1 atom stereocenters. The van der Waals surface area contributed by atoms with E-state index in [1.54, 1.807) is 13.8 Å². The van der Waals surface area contributed by atoms with Gasteiger partial charge in [0, 0.05) is 35.1 Å². The predicted molar refractivity (Wildman–Crippen MR) is 73.0 cm³/mol. The van der Waals surface area contributed by atoms with Crippen molar-refractivity contribution in [3.8, 4) is 6.07 Å². The average Bonchev–Trinajstić information content (AvgIpc) is 2.79. The number of amides is 1. The summed E-state index contributed by atoms with van der Waals surface area (Å²) in [5.41, 5.74) is 0.994. The summed E-state index contributed by atoms with van der Waals surface area (Å²) in [7, 11) is 1.55. The predicted octanol–water partition coefficient (Wildman–Crippen LogP) is 1.69. The summed E-state index contributed by atoms with van der Waals surface area (Å²) < 4.78 is 27.6. The van der Waals surface area contributed by atoms with Gasteiger partial charge in [0.15, 0.2) is 0 Å². The van der Waals surface area contributed by atoms with E-state index in [-0.39, 0.29) is 36.4 Å². The Morgan fingerprint density at radius 2 is 2.15 bits per heavy atom. The monoisotopic (exact) mass is 316 g/mol. The van der Waals surface area contributed by atoms with Crippen molar-refractivity contribution in [1.82, 2.24) is 0 Å². The highest BCUT2D eigenvalue weighted by molar-refractivity contribution is 8.13. The number of halogens is 1. The molecule has 0 spiro atoms. The van der Waals surface area contributed by atoms with Crippen LogP contribution in [0, 0.1) is 31.1 Å². The second-order valence-corrected chi connectivity index (χ2v) is 7.68. The maximum absolute atomic E-state index is 12.0. The van der Waals surface area contributed by atoms with Gasteiger partial charge in [0.05, 0.1) is 5.75 Å². The van der Waals surface area contributed by atoms with Gasteiger partial charge in [-0.15, -0.1) is 0 Å². The summed E-state index contributed by atoms with van der Waals surface area (Å²) in [4.78, 5) is 13.3. The lowest BCUT2D eigenvalue weighted by molar-refractivity contribution is -0.117. The van der Waals surface area contributed by atoms with Gasteiger partial charge in [-0.05, 0) is 13.8 Å². The molecule has 0 saturated carbocycles. The number of furan rings is 1. The number of hydrogen-bond donors (Lipinski definition) is 0. The third-order valence-corrected chi connectivity index (χ3v) is 4.61. The summed E-state index contributed by atoms with van der Waals surface area (Å²) in [6.45, 7) is 3.63. The number of anilines is 1. The Kier molecular flexibility index (Phi) is 3.80. The second kappa shape index (κ2) is 5.11. The van der Waals surface area contributed by atoms with Crippen LogP contribution in [0.2, 0.25) is 0 Å². The van der Waals surface area contributed by atoms with Gasteiger partial charge in [0.2, 0.25) is 20.8 Å². The van der Waals surface area contributed by atoms with Crippen molar-refractivity contribution in [3.63, 3.8) is 0 Å². The zero-order valence-electron chi connectivity index (χ0n) is 11.0. The molecule has 0 radical (unpaired) electrons. The van der Waals surface area contributed by atoms with E-state index in [4.69, 9.17) is 20.4 Å². The van der Waals surface area contributed by atoms with E-state index < -0.39 is 9.05 Å². The lowest BCUT2D eigenvalue weighted by Gasteiger charge is -2.13. The average molecular weight is 317 g/mol. The Morgan fingerprint density at radius 3 is 2.70 bits per heavy atom. The molecule has 1 amide bonds. The van der Waals surface area contributed by atoms with Crippen molar-refractivity contribution in [2.75, 3.05) is 17.2 Å². The van der Waals surface area contributed by atoms with Crippen LogP contribution in [0.25, 0.3) is 0 Å². The van der Waals surface area contributed by atoms with Crippen molar-refractivity contribution in [2.45, 2.75) is 20.3 Å². The molecular weight excluding hydrogens is 304 g/mol. The highest BCUT2D eigenvalue weighted by Gasteiger charge is 2.36. The molecule has 2 heterocycles. The molecule has 1 aromatic rings. The lowest BCUT2D eigenvalue weighted by atomic mass is 10.1. The summed E-state index contributed by atoms with van der Waals surface area (Å²) in [6, 6.07) is 2.01. The first-order valence-corrected chi connectivity index (χ1v) is 8.43. The molecule has 20 heavy (non-hydrogen) atoms. The molecule has 1 aromatic heterocycles. The third-order valence-electron chi connectivity index (χ3n) is 3.36. The Morgan fingerprint density at radius 1 is 1.50 bits per heavy atom. The molecule has 8 heteroatoms. The number of nitriles is 1. The van der Waals surface area contributed by atoms with Crippen molar-refractivity contribution in [2.24, 2.45) is 5.92 Å². The molecule has 6 nitrogen and oxygen atoms in total. The number of hydrogen-bond acceptors (Lipinski definition) is 5. The molecule has 1 aliphatic rings. The van der Waals surface area contributed by atoms with Crippen LogP contribution in [0.5, 0.6) is 0 Å². The van der Waals surface area contributed by atoms with E-state index in [0.717, 1.165) is 0 Å². The number of carbonyl (C=O) groups is 1. The fourth-order valence-corrected chi connectivity index (χ4v) is 3.62. The zero-order chi connectivity index (χ0) is 15.1. The molecule has 1 saturated heterocycles. The molecule has 0 aromatic carbocycles. The van der Waals surface area contributed by atoms with Crippen LogP contribution >= 0.6 is 10.7 Å². The van der Waals surface area contributed by atoms with Crippen LogP contribution < -0.4 is 4.90 Å². The Labute approximate surface area is 121 Å². The molecule has 0 bridgehead atoms. The Balaban J connectivity index is 2.29. The summed E-state index contributed by atoms with van der Waals surface area (Å²) >= 11 is 0. The highest BCUT2D eigenvalue weighted by atomic mass is 35.7. The summed E-state index contributed by atoms with van der Waals surface area (Å²) in [5.74, 6) is -0.153. The zero-order valence-corrected chi connectivity index (χ0v) is 12.6. The minimum Gasteiger partial charge on any atom is -0.444 e. The van der Waals surface area contributed by atoms with Crippen LogP contribution in [-0.4, -0.2) is 26.6 Å². The molecule has 0 N–H and O–H groups in total. The molecule has 1 unspecified atom stereocenters. The molecule has 108 valence electrons. The van der Waals surface area contributed by atoms with Gasteiger partial charge in [0.25, 0.3) is 0 Å². The van der Waals surface area contributed by atoms with Gasteiger partial charge in [-0.25, -0.2) is 8.42 Å². The molecule has 2 rings (SSSR count). The van der Waals surface area contributed by atoms with Crippen LogP contribution in [0.1, 0.15) is 23.3 Å². The van der Waals surface area contributed by atoms with Crippen molar-refractivity contribution >= 4 is 31.5 Å². The van der Waals surface area contributed by atoms with Crippen LogP contribution in [0.4, 0.5) is 5.88 Å². The summed E-state index contributed by atoms with van der Waals surface area (Å²) in [6.07, 6.45) is 0.0790. The smallest absolute Gasteiger partial charge is 0.232 e. The largest absolute Gasteiger partial charge is 0.444 e. The first-order chi connectivity index (χ1) is 9.23. The first-order valence-electron chi connectivity index (χ1n) is 5.95. The number of carbonyl (C=O) groups excluding carboxylic acids is 1. The molecule has 0 aliphatic carbocycles. The molecule has 1 aliphatic heterocycles. The van der Waals surface area contributed by atoms with E-state index in [1.165, 1.54) is 4.90 Å². The minimum atomic E-state index is -3.66. The van der Waals surface area contributed by atoms with Crippen molar-refractivity contribution < 1.29 is 17.6 Å². The van der Waals surface area contributed by atoms with Gasteiger partial charge in [-0.2, -0.15) is 5.26 Å². The molecular formula is C12H13ClN2O4S. The second-order valence-electron chi connectivity index (χ2n) is 4.86. The summed E-state index contributed by atoms with van der Waals surface area (Å²) in [5, 5.41) is 9.15. The molecule has 1 fully saturated rings. The first kappa shape index (κ1) is 14.9. The van der Waals surface area contributed by atoms with Crippen molar-refractivity contribution in [1.29, 1.82) is 5.26 Å². The van der Waals surface area contributed by atoms with E-state index in [0.29, 0.717) is 16.9 Å². The van der Waals surface area contributed by atoms with Gasteiger partial charge in [0.1, 0.15) is 17.4 Å². The van der Waals surface area contributed by atoms with Crippen LogP contribution in [0.3, 0.4) is 0 Å².